The largest absolute Gasteiger partial charge is 0.501 e. The molecular formula is C15H18F3NO. The van der Waals surface area contributed by atoms with Gasteiger partial charge in [0.05, 0.1) is 24.5 Å². The van der Waals surface area contributed by atoms with E-state index in [1.54, 1.807) is 12.3 Å². The van der Waals surface area contributed by atoms with Gasteiger partial charge in [0.1, 0.15) is 0 Å². The maximum Gasteiger partial charge on any atom is 0.416 e. The molecule has 2 nitrogen and oxygen atoms in total. The Morgan fingerprint density at radius 3 is 2.75 bits per heavy atom. The van der Waals surface area contributed by atoms with Gasteiger partial charge in [-0.2, -0.15) is 13.2 Å². The Bertz CT molecular complexity index is 482. The Kier molecular flexibility index (Phi) is 4.70. The molecule has 0 spiro atoms. The first-order valence-electron chi connectivity index (χ1n) is 6.73. The van der Waals surface area contributed by atoms with E-state index in [0.29, 0.717) is 18.7 Å². The summed E-state index contributed by atoms with van der Waals surface area (Å²) < 4.78 is 43.7. The van der Waals surface area contributed by atoms with Gasteiger partial charge in [-0.05, 0) is 42.7 Å². The van der Waals surface area contributed by atoms with E-state index in [0.717, 1.165) is 24.5 Å². The van der Waals surface area contributed by atoms with Gasteiger partial charge in [0.25, 0.3) is 0 Å². The lowest BCUT2D eigenvalue weighted by Gasteiger charge is -2.25. The van der Waals surface area contributed by atoms with Crippen molar-refractivity contribution in [2.75, 3.05) is 13.2 Å². The Balaban J connectivity index is 2.31. The van der Waals surface area contributed by atoms with E-state index >= 15 is 0 Å². The summed E-state index contributed by atoms with van der Waals surface area (Å²) in [6, 6.07) is 5.26. The van der Waals surface area contributed by atoms with Gasteiger partial charge in [0.2, 0.25) is 0 Å². The van der Waals surface area contributed by atoms with Crippen LogP contribution in [0, 0.1) is 0 Å². The van der Waals surface area contributed by atoms with Gasteiger partial charge in [0, 0.05) is 0 Å². The topological polar surface area (TPSA) is 21.3 Å². The molecule has 0 bridgehead atoms. The quantitative estimate of drug-likeness (QED) is 0.901. The number of halogens is 3. The zero-order valence-corrected chi connectivity index (χ0v) is 11.3. The minimum atomic E-state index is -4.32. The first kappa shape index (κ1) is 14.9. The van der Waals surface area contributed by atoms with Crippen LogP contribution in [0.3, 0.4) is 0 Å². The van der Waals surface area contributed by atoms with E-state index in [1.807, 2.05) is 6.92 Å². The van der Waals surface area contributed by atoms with Gasteiger partial charge < -0.3 is 10.1 Å². The number of nitrogens with one attached hydrogen (secondary N) is 1. The van der Waals surface area contributed by atoms with Gasteiger partial charge in [0.15, 0.2) is 0 Å². The van der Waals surface area contributed by atoms with Gasteiger partial charge >= 0.3 is 6.18 Å². The number of benzene rings is 1. The summed E-state index contributed by atoms with van der Waals surface area (Å²) >= 11 is 0. The molecule has 110 valence electrons. The number of hydrogen-bond acceptors (Lipinski definition) is 2. The van der Waals surface area contributed by atoms with Crippen LogP contribution >= 0.6 is 0 Å². The molecule has 1 atom stereocenters. The zero-order valence-electron chi connectivity index (χ0n) is 11.3. The summed E-state index contributed by atoms with van der Waals surface area (Å²) in [7, 11) is 0. The van der Waals surface area contributed by atoms with Crippen LogP contribution in [0.2, 0.25) is 0 Å². The normalized spacial score (nSPS) is 17.3. The van der Waals surface area contributed by atoms with Crippen molar-refractivity contribution in [3.63, 3.8) is 0 Å². The Labute approximate surface area is 116 Å². The molecule has 1 aromatic rings. The predicted molar refractivity (Wildman–Crippen MR) is 71.1 cm³/mol. The van der Waals surface area contributed by atoms with E-state index in [1.165, 1.54) is 12.1 Å². The molecule has 1 unspecified atom stereocenters. The first-order valence-corrected chi connectivity index (χ1v) is 6.73. The van der Waals surface area contributed by atoms with E-state index < -0.39 is 11.7 Å². The lowest BCUT2D eigenvalue weighted by atomic mass is 9.94. The molecule has 0 saturated carbocycles. The second-order valence-electron chi connectivity index (χ2n) is 4.78. The molecular weight excluding hydrogens is 267 g/mol. The number of ether oxygens (including phenoxy) is 1. The van der Waals surface area contributed by atoms with Crippen molar-refractivity contribution in [2.45, 2.75) is 32.0 Å². The minimum absolute atomic E-state index is 0.220. The van der Waals surface area contributed by atoms with Crippen molar-refractivity contribution in [1.82, 2.24) is 5.32 Å². The fourth-order valence-corrected chi connectivity index (χ4v) is 2.36. The van der Waals surface area contributed by atoms with Crippen LogP contribution in [-0.2, 0) is 10.9 Å². The predicted octanol–water partition coefficient (Wildman–Crippen LogP) is 4.05. The fourth-order valence-electron chi connectivity index (χ4n) is 2.36. The average Bonchev–Trinajstić information content (AvgIpc) is 2.45. The molecule has 0 fully saturated rings. The van der Waals surface area contributed by atoms with Gasteiger partial charge in [-0.1, -0.05) is 19.1 Å². The fraction of sp³-hybridized carbons (Fsp3) is 0.467. The van der Waals surface area contributed by atoms with Crippen LogP contribution in [0.4, 0.5) is 13.2 Å². The van der Waals surface area contributed by atoms with Crippen LogP contribution in [0.15, 0.2) is 36.1 Å². The lowest BCUT2D eigenvalue weighted by Crippen LogP contribution is -2.24. The van der Waals surface area contributed by atoms with Crippen molar-refractivity contribution in [2.24, 2.45) is 0 Å². The third-order valence-corrected chi connectivity index (χ3v) is 3.29. The molecule has 1 aliphatic heterocycles. The SMILES string of the molecule is CCNC(C1=COCCC1)c1cccc(C(F)(F)F)c1. The van der Waals surface area contributed by atoms with E-state index in [4.69, 9.17) is 4.74 Å². The number of alkyl halides is 3. The average molecular weight is 285 g/mol. The van der Waals surface area contributed by atoms with Crippen molar-refractivity contribution in [3.8, 4) is 0 Å². The molecule has 0 amide bonds. The Morgan fingerprint density at radius 1 is 1.35 bits per heavy atom. The summed E-state index contributed by atoms with van der Waals surface area (Å²) in [6.07, 6.45) is -0.901. The highest BCUT2D eigenvalue weighted by Gasteiger charge is 2.31. The Hall–Kier alpha value is -1.49. The molecule has 0 radical (unpaired) electrons. The molecule has 2 rings (SSSR count). The van der Waals surface area contributed by atoms with E-state index in [9.17, 15) is 13.2 Å². The minimum Gasteiger partial charge on any atom is -0.501 e. The smallest absolute Gasteiger partial charge is 0.416 e. The summed E-state index contributed by atoms with van der Waals surface area (Å²) in [4.78, 5) is 0. The lowest BCUT2D eigenvalue weighted by molar-refractivity contribution is -0.137. The third-order valence-electron chi connectivity index (χ3n) is 3.29. The maximum absolute atomic E-state index is 12.8. The van der Waals surface area contributed by atoms with Crippen molar-refractivity contribution in [3.05, 3.63) is 47.2 Å². The summed E-state index contributed by atoms with van der Waals surface area (Å²) in [5, 5.41) is 3.23. The van der Waals surface area contributed by atoms with Crippen LogP contribution in [0.1, 0.15) is 36.9 Å². The zero-order chi connectivity index (χ0) is 14.6. The number of likely N-dealkylation sites (N-methyl/N-ethyl adjacent to an activating group) is 1. The summed E-state index contributed by atoms with van der Waals surface area (Å²) in [5.41, 5.74) is 1.01. The standard InChI is InChI=1S/C15H18F3NO/c1-2-19-14(12-6-4-8-20-10-12)11-5-3-7-13(9-11)15(16,17)18/h3,5,7,9-10,14,19H,2,4,6,8H2,1H3. The van der Waals surface area contributed by atoms with Gasteiger partial charge in [-0.25, -0.2) is 0 Å². The molecule has 1 aromatic carbocycles. The van der Waals surface area contributed by atoms with E-state index in [2.05, 4.69) is 5.32 Å². The monoisotopic (exact) mass is 285 g/mol. The molecule has 0 aromatic heterocycles. The van der Waals surface area contributed by atoms with Crippen molar-refractivity contribution < 1.29 is 17.9 Å². The molecule has 20 heavy (non-hydrogen) atoms. The molecule has 1 aliphatic rings. The highest BCUT2D eigenvalue weighted by atomic mass is 19.4. The van der Waals surface area contributed by atoms with E-state index in [-0.39, 0.29) is 6.04 Å². The molecule has 0 aliphatic carbocycles. The summed E-state index contributed by atoms with van der Waals surface area (Å²) in [6.45, 7) is 3.29. The third kappa shape index (κ3) is 3.54. The van der Waals surface area contributed by atoms with Crippen LogP contribution in [0.25, 0.3) is 0 Å². The number of rotatable bonds is 4. The van der Waals surface area contributed by atoms with Gasteiger partial charge in [-0.3, -0.25) is 0 Å². The van der Waals surface area contributed by atoms with Crippen molar-refractivity contribution >= 4 is 0 Å². The summed E-state index contributed by atoms with van der Waals surface area (Å²) in [5.74, 6) is 0. The molecule has 1 N–H and O–H groups in total. The van der Waals surface area contributed by atoms with Crippen LogP contribution in [0.5, 0.6) is 0 Å². The van der Waals surface area contributed by atoms with Gasteiger partial charge in [-0.15, -0.1) is 0 Å². The van der Waals surface area contributed by atoms with Crippen LogP contribution in [-0.4, -0.2) is 13.2 Å². The number of hydrogen-bond donors (Lipinski definition) is 1. The molecule has 1 heterocycles. The second kappa shape index (κ2) is 6.31. The molecule has 0 saturated heterocycles. The maximum atomic E-state index is 12.8. The second-order valence-corrected chi connectivity index (χ2v) is 4.78. The molecule has 5 heteroatoms. The van der Waals surface area contributed by atoms with Crippen LogP contribution < -0.4 is 5.32 Å². The highest BCUT2D eigenvalue weighted by Crippen LogP contribution is 2.33. The first-order chi connectivity index (χ1) is 9.52. The van der Waals surface area contributed by atoms with Crippen molar-refractivity contribution in [1.29, 1.82) is 0 Å². The highest BCUT2D eigenvalue weighted by molar-refractivity contribution is 5.33. The Morgan fingerprint density at radius 2 is 2.15 bits per heavy atom.